The van der Waals surface area contributed by atoms with E-state index in [1.54, 1.807) is 6.92 Å². The number of likely N-dealkylation sites (N-methyl/N-ethyl adjacent to an activating group) is 1. The SMILES string of the molecule is CCN(C)C(=O)CNS(=O)(=O)c1cc(N)c(F)cc1F. The molecular formula is C11H15F2N3O3S. The minimum absolute atomic E-state index is 0.379. The molecule has 1 aromatic rings. The van der Waals surface area contributed by atoms with E-state index in [-0.39, 0.29) is 0 Å². The molecular weight excluding hydrogens is 292 g/mol. The first-order chi connectivity index (χ1) is 9.19. The van der Waals surface area contributed by atoms with Gasteiger partial charge in [-0.2, -0.15) is 0 Å². The minimum Gasteiger partial charge on any atom is -0.396 e. The molecule has 0 aliphatic rings. The standard InChI is InChI=1S/C11H15F2N3O3S/c1-3-16(2)11(17)6-15-20(18,19)10-5-9(14)7(12)4-8(10)13/h4-5,15H,3,6,14H2,1-2H3. The lowest BCUT2D eigenvalue weighted by Gasteiger charge is -2.15. The average Bonchev–Trinajstić information content (AvgIpc) is 2.39. The second-order valence-electron chi connectivity index (χ2n) is 4.04. The number of nitrogens with two attached hydrogens (primary N) is 1. The van der Waals surface area contributed by atoms with Crippen molar-refractivity contribution in [2.24, 2.45) is 0 Å². The molecule has 0 aliphatic heterocycles. The van der Waals surface area contributed by atoms with Gasteiger partial charge < -0.3 is 10.6 Å². The second-order valence-corrected chi connectivity index (χ2v) is 5.77. The van der Waals surface area contributed by atoms with Gasteiger partial charge in [0.05, 0.1) is 12.2 Å². The molecule has 0 fully saturated rings. The van der Waals surface area contributed by atoms with Crippen LogP contribution in [0.15, 0.2) is 17.0 Å². The highest BCUT2D eigenvalue weighted by Gasteiger charge is 2.22. The van der Waals surface area contributed by atoms with Crippen molar-refractivity contribution in [1.82, 2.24) is 9.62 Å². The van der Waals surface area contributed by atoms with E-state index in [1.165, 1.54) is 11.9 Å². The van der Waals surface area contributed by atoms with Crippen LogP contribution in [0.3, 0.4) is 0 Å². The topological polar surface area (TPSA) is 92.5 Å². The summed E-state index contributed by atoms with van der Waals surface area (Å²) < 4.78 is 52.0. The van der Waals surface area contributed by atoms with E-state index >= 15 is 0 Å². The van der Waals surface area contributed by atoms with E-state index < -0.39 is 44.7 Å². The smallest absolute Gasteiger partial charge is 0.244 e. The van der Waals surface area contributed by atoms with Crippen molar-refractivity contribution in [3.05, 3.63) is 23.8 Å². The lowest BCUT2D eigenvalue weighted by atomic mass is 10.3. The van der Waals surface area contributed by atoms with Gasteiger partial charge in [0, 0.05) is 19.7 Å². The van der Waals surface area contributed by atoms with Crippen LogP contribution in [-0.2, 0) is 14.8 Å². The highest BCUT2D eigenvalue weighted by Crippen LogP contribution is 2.20. The van der Waals surface area contributed by atoms with E-state index in [0.717, 1.165) is 0 Å². The van der Waals surface area contributed by atoms with Crippen LogP contribution in [0.25, 0.3) is 0 Å². The lowest BCUT2D eigenvalue weighted by molar-refractivity contribution is -0.128. The van der Waals surface area contributed by atoms with Crippen molar-refractivity contribution in [2.45, 2.75) is 11.8 Å². The zero-order chi connectivity index (χ0) is 15.5. The number of halogens is 2. The predicted molar refractivity (Wildman–Crippen MR) is 69.3 cm³/mol. The van der Waals surface area contributed by atoms with Crippen molar-refractivity contribution >= 4 is 21.6 Å². The molecule has 1 rings (SSSR count). The summed E-state index contributed by atoms with van der Waals surface area (Å²) in [6.07, 6.45) is 0. The Morgan fingerprint density at radius 3 is 2.50 bits per heavy atom. The summed E-state index contributed by atoms with van der Waals surface area (Å²) >= 11 is 0. The number of hydrogen-bond donors (Lipinski definition) is 2. The molecule has 0 saturated heterocycles. The minimum atomic E-state index is -4.29. The molecule has 0 aromatic heterocycles. The first-order valence-electron chi connectivity index (χ1n) is 5.67. The van der Waals surface area contributed by atoms with Crippen LogP contribution >= 0.6 is 0 Å². The monoisotopic (exact) mass is 307 g/mol. The number of nitrogens with zero attached hydrogens (tertiary/aromatic N) is 1. The Hall–Kier alpha value is -1.74. The number of nitrogen functional groups attached to an aromatic ring is 1. The van der Waals surface area contributed by atoms with E-state index in [0.29, 0.717) is 18.7 Å². The van der Waals surface area contributed by atoms with Gasteiger partial charge in [-0.25, -0.2) is 21.9 Å². The Bertz CT molecular complexity index is 620. The summed E-state index contributed by atoms with van der Waals surface area (Å²) in [5.74, 6) is -2.81. The van der Waals surface area contributed by atoms with Crippen molar-refractivity contribution < 1.29 is 22.0 Å². The van der Waals surface area contributed by atoms with Gasteiger partial charge in [0.25, 0.3) is 0 Å². The van der Waals surface area contributed by atoms with Crippen LogP contribution in [0.4, 0.5) is 14.5 Å². The maximum atomic E-state index is 13.5. The van der Waals surface area contributed by atoms with Gasteiger partial charge in [-0.05, 0) is 13.0 Å². The van der Waals surface area contributed by atoms with Crippen molar-refractivity contribution in [3.8, 4) is 0 Å². The predicted octanol–water partition coefficient (Wildman–Crippen LogP) is 0.304. The summed E-state index contributed by atoms with van der Waals surface area (Å²) in [6, 6.07) is 1.05. The molecule has 0 spiro atoms. The van der Waals surface area contributed by atoms with Crippen LogP contribution in [0.1, 0.15) is 6.92 Å². The molecule has 20 heavy (non-hydrogen) atoms. The van der Waals surface area contributed by atoms with Gasteiger partial charge in [0.1, 0.15) is 16.5 Å². The first kappa shape index (κ1) is 16.3. The summed E-state index contributed by atoms with van der Waals surface area (Å²) in [7, 11) is -2.79. The van der Waals surface area contributed by atoms with Gasteiger partial charge in [0.15, 0.2) is 0 Å². The van der Waals surface area contributed by atoms with Crippen molar-refractivity contribution in [3.63, 3.8) is 0 Å². The number of carbonyl (C=O) groups excluding carboxylic acids is 1. The van der Waals surface area contributed by atoms with Crippen molar-refractivity contribution in [1.29, 1.82) is 0 Å². The summed E-state index contributed by atoms with van der Waals surface area (Å²) in [5.41, 5.74) is 4.71. The molecule has 6 nitrogen and oxygen atoms in total. The molecule has 0 aliphatic carbocycles. The third-order valence-corrected chi connectivity index (χ3v) is 4.07. The highest BCUT2D eigenvalue weighted by atomic mass is 32.2. The number of carbonyl (C=O) groups is 1. The van der Waals surface area contributed by atoms with E-state index in [9.17, 15) is 22.0 Å². The summed E-state index contributed by atoms with van der Waals surface area (Å²) in [6.45, 7) is 1.59. The number of nitrogens with one attached hydrogen (secondary N) is 1. The fraction of sp³-hybridized carbons (Fsp3) is 0.364. The van der Waals surface area contributed by atoms with Crippen LogP contribution in [0.2, 0.25) is 0 Å². The van der Waals surface area contributed by atoms with E-state index in [1.807, 2.05) is 4.72 Å². The largest absolute Gasteiger partial charge is 0.396 e. The van der Waals surface area contributed by atoms with Crippen LogP contribution in [0.5, 0.6) is 0 Å². The lowest BCUT2D eigenvalue weighted by Crippen LogP contribution is -2.38. The summed E-state index contributed by atoms with van der Waals surface area (Å²) in [4.78, 5) is 12.0. The number of anilines is 1. The number of sulfonamides is 1. The normalized spacial score (nSPS) is 11.4. The van der Waals surface area contributed by atoms with Gasteiger partial charge in [-0.1, -0.05) is 0 Å². The third-order valence-electron chi connectivity index (χ3n) is 2.65. The number of benzene rings is 1. The number of amides is 1. The zero-order valence-electron chi connectivity index (χ0n) is 11.0. The van der Waals surface area contributed by atoms with E-state index in [4.69, 9.17) is 5.73 Å². The van der Waals surface area contributed by atoms with Gasteiger partial charge in [-0.15, -0.1) is 0 Å². The quantitative estimate of drug-likeness (QED) is 0.765. The molecule has 112 valence electrons. The molecule has 0 bridgehead atoms. The molecule has 9 heteroatoms. The fourth-order valence-electron chi connectivity index (χ4n) is 1.30. The number of hydrogen-bond acceptors (Lipinski definition) is 4. The Morgan fingerprint density at radius 1 is 1.35 bits per heavy atom. The Kier molecular flexibility index (Phi) is 5.01. The Labute approximate surface area is 115 Å². The average molecular weight is 307 g/mol. The third kappa shape index (κ3) is 3.64. The molecule has 3 N–H and O–H groups in total. The highest BCUT2D eigenvalue weighted by molar-refractivity contribution is 7.89. The van der Waals surface area contributed by atoms with Gasteiger partial charge in [-0.3, -0.25) is 4.79 Å². The maximum absolute atomic E-state index is 13.5. The first-order valence-corrected chi connectivity index (χ1v) is 7.15. The molecule has 0 radical (unpaired) electrons. The zero-order valence-corrected chi connectivity index (χ0v) is 11.8. The number of rotatable bonds is 5. The van der Waals surface area contributed by atoms with Crippen LogP contribution in [-0.4, -0.2) is 39.4 Å². The molecule has 0 heterocycles. The van der Waals surface area contributed by atoms with Crippen LogP contribution < -0.4 is 10.5 Å². The van der Waals surface area contributed by atoms with E-state index in [2.05, 4.69) is 0 Å². The maximum Gasteiger partial charge on any atom is 0.244 e. The Balaban J connectivity index is 2.95. The van der Waals surface area contributed by atoms with Gasteiger partial charge >= 0.3 is 0 Å². The summed E-state index contributed by atoms with van der Waals surface area (Å²) in [5, 5.41) is 0. The van der Waals surface area contributed by atoms with Crippen LogP contribution in [0, 0.1) is 11.6 Å². The van der Waals surface area contributed by atoms with Gasteiger partial charge in [0.2, 0.25) is 15.9 Å². The molecule has 0 atom stereocenters. The molecule has 0 unspecified atom stereocenters. The molecule has 1 amide bonds. The second kappa shape index (κ2) is 6.14. The molecule has 1 aromatic carbocycles. The van der Waals surface area contributed by atoms with Crippen molar-refractivity contribution in [2.75, 3.05) is 25.9 Å². The Morgan fingerprint density at radius 2 is 1.95 bits per heavy atom. The fourth-order valence-corrected chi connectivity index (χ4v) is 2.36. The molecule has 0 saturated carbocycles.